The van der Waals surface area contributed by atoms with E-state index in [-0.39, 0.29) is 37.0 Å². The highest BCUT2D eigenvalue weighted by molar-refractivity contribution is 5.76. The van der Waals surface area contributed by atoms with Crippen LogP contribution < -0.4 is 5.32 Å². The van der Waals surface area contributed by atoms with Crippen molar-refractivity contribution in [2.24, 2.45) is 0 Å². The Balaban J connectivity index is 2.10. The van der Waals surface area contributed by atoms with Crippen LogP contribution in [0.4, 0.5) is 13.2 Å². The van der Waals surface area contributed by atoms with Gasteiger partial charge in [0.1, 0.15) is 0 Å². The fourth-order valence-corrected chi connectivity index (χ4v) is 2.69. The van der Waals surface area contributed by atoms with Gasteiger partial charge in [-0.1, -0.05) is 0 Å². The molecule has 0 aliphatic heterocycles. The number of hydrogen-bond acceptors (Lipinski definition) is 5. The van der Waals surface area contributed by atoms with E-state index in [0.29, 0.717) is 23.4 Å². The lowest BCUT2D eigenvalue weighted by atomic mass is 10.1. The number of hydrogen-bond donors (Lipinski definition) is 2. The maximum absolute atomic E-state index is 12.8. The third-order valence-electron chi connectivity index (χ3n) is 4.10. The Morgan fingerprint density at radius 3 is 2.48 bits per heavy atom. The summed E-state index contributed by atoms with van der Waals surface area (Å²) in [6.07, 6.45) is -4.05. The maximum Gasteiger partial charge on any atom is 0.453 e. The number of carboxylic acid groups (broad SMARTS) is 1. The molecule has 0 radical (unpaired) electrons. The van der Waals surface area contributed by atoms with Gasteiger partial charge in [0.05, 0.1) is 0 Å². The van der Waals surface area contributed by atoms with Gasteiger partial charge in [-0.15, -0.1) is 5.10 Å². The number of aryl methyl sites for hydroxylation is 2. The molecule has 0 saturated carbocycles. The second kappa shape index (κ2) is 7.89. The van der Waals surface area contributed by atoms with Crippen LogP contribution in [0.3, 0.4) is 0 Å². The summed E-state index contributed by atoms with van der Waals surface area (Å²) in [4.78, 5) is 30.0. The summed E-state index contributed by atoms with van der Waals surface area (Å²) in [5.41, 5.74) is 1.54. The molecule has 0 aliphatic rings. The molecule has 2 rings (SSSR count). The number of alkyl halides is 3. The van der Waals surface area contributed by atoms with Crippen molar-refractivity contribution >= 4 is 17.7 Å². The molecule has 2 aromatic heterocycles. The summed E-state index contributed by atoms with van der Waals surface area (Å²) in [5, 5.41) is 14.8. The molecule has 1 atom stereocenters. The van der Waals surface area contributed by atoms with Crippen molar-refractivity contribution in [3.8, 4) is 0 Å². The van der Waals surface area contributed by atoms with Gasteiger partial charge in [-0.2, -0.15) is 18.2 Å². The van der Waals surface area contributed by atoms with Gasteiger partial charge in [0.25, 0.3) is 11.6 Å². The van der Waals surface area contributed by atoms with Crippen molar-refractivity contribution in [2.45, 2.75) is 58.7 Å². The van der Waals surface area contributed by atoms with E-state index in [1.54, 1.807) is 20.8 Å². The van der Waals surface area contributed by atoms with Crippen LogP contribution in [0.2, 0.25) is 0 Å². The van der Waals surface area contributed by atoms with Crippen LogP contribution >= 0.6 is 0 Å². The Morgan fingerprint density at radius 2 is 1.89 bits per heavy atom. The molecule has 0 aliphatic carbocycles. The van der Waals surface area contributed by atoms with Gasteiger partial charge in [0.2, 0.25) is 5.91 Å². The summed E-state index contributed by atoms with van der Waals surface area (Å²) < 4.78 is 39.4. The zero-order chi connectivity index (χ0) is 20.4. The molecule has 0 bridgehead atoms. The van der Waals surface area contributed by atoms with Crippen LogP contribution in [0.15, 0.2) is 0 Å². The molecule has 2 aromatic rings. The number of carboxylic acids is 1. The number of rotatable bonds is 7. The van der Waals surface area contributed by atoms with Crippen LogP contribution in [-0.2, 0) is 22.2 Å². The standard InChI is InChI=1S/C16H20F3N5O3/c1-8(4-7-13(26)27)20-12(25)6-5-11-9(2)21-15-22-14(16(17,18)19)23-24(15)10(11)3/h8H,4-7H2,1-3H3,(H,20,25)(H,26,27). The van der Waals surface area contributed by atoms with Gasteiger partial charge in [0, 0.05) is 30.3 Å². The largest absolute Gasteiger partial charge is 0.481 e. The van der Waals surface area contributed by atoms with Crippen molar-refractivity contribution in [2.75, 3.05) is 0 Å². The molecule has 27 heavy (non-hydrogen) atoms. The molecular weight excluding hydrogens is 367 g/mol. The number of halogens is 3. The second-order valence-corrected chi connectivity index (χ2v) is 6.31. The van der Waals surface area contributed by atoms with E-state index in [9.17, 15) is 22.8 Å². The van der Waals surface area contributed by atoms with Gasteiger partial charge in [-0.3, -0.25) is 9.59 Å². The number of fused-ring (bicyclic) bond motifs is 1. The molecular formula is C16H20F3N5O3. The topological polar surface area (TPSA) is 109 Å². The molecule has 2 heterocycles. The van der Waals surface area contributed by atoms with Crippen molar-refractivity contribution in [3.05, 3.63) is 22.8 Å². The minimum absolute atomic E-state index is 0.0475. The van der Waals surface area contributed by atoms with Gasteiger partial charge in [-0.25, -0.2) is 9.50 Å². The fourth-order valence-electron chi connectivity index (χ4n) is 2.69. The Labute approximate surface area is 152 Å². The highest BCUT2D eigenvalue weighted by Gasteiger charge is 2.36. The zero-order valence-electron chi connectivity index (χ0n) is 15.1. The lowest BCUT2D eigenvalue weighted by Crippen LogP contribution is -2.33. The summed E-state index contributed by atoms with van der Waals surface area (Å²) in [6, 6.07) is -0.291. The van der Waals surface area contributed by atoms with Crippen molar-refractivity contribution in [1.82, 2.24) is 24.9 Å². The average Bonchev–Trinajstić information content (AvgIpc) is 2.97. The smallest absolute Gasteiger partial charge is 0.453 e. The van der Waals surface area contributed by atoms with E-state index < -0.39 is 18.0 Å². The summed E-state index contributed by atoms with van der Waals surface area (Å²) in [7, 11) is 0. The van der Waals surface area contributed by atoms with Crippen molar-refractivity contribution in [3.63, 3.8) is 0 Å². The van der Waals surface area contributed by atoms with Crippen molar-refractivity contribution < 1.29 is 27.9 Å². The number of carbonyl (C=O) groups excluding carboxylic acids is 1. The number of aromatic nitrogens is 4. The highest BCUT2D eigenvalue weighted by atomic mass is 19.4. The minimum Gasteiger partial charge on any atom is -0.481 e. The molecule has 11 heteroatoms. The third-order valence-corrected chi connectivity index (χ3v) is 4.10. The Hall–Kier alpha value is -2.72. The molecule has 2 N–H and O–H groups in total. The van der Waals surface area contributed by atoms with Crippen LogP contribution in [0.25, 0.3) is 5.78 Å². The van der Waals surface area contributed by atoms with E-state index in [2.05, 4.69) is 20.4 Å². The van der Waals surface area contributed by atoms with Gasteiger partial charge in [0.15, 0.2) is 0 Å². The van der Waals surface area contributed by atoms with E-state index in [1.165, 1.54) is 0 Å². The molecule has 0 aromatic carbocycles. The number of nitrogens with one attached hydrogen (secondary N) is 1. The summed E-state index contributed by atoms with van der Waals surface area (Å²) >= 11 is 0. The quantitative estimate of drug-likeness (QED) is 0.753. The number of carbonyl (C=O) groups is 2. The number of amides is 1. The lowest BCUT2D eigenvalue weighted by Gasteiger charge is -2.14. The van der Waals surface area contributed by atoms with E-state index in [4.69, 9.17) is 5.11 Å². The van der Waals surface area contributed by atoms with Crippen LogP contribution in [0.1, 0.15) is 49.0 Å². The number of nitrogens with zero attached hydrogens (tertiary/aromatic N) is 4. The monoisotopic (exact) mass is 387 g/mol. The van der Waals surface area contributed by atoms with Crippen LogP contribution in [0, 0.1) is 13.8 Å². The SMILES string of the molecule is Cc1nc2nc(C(F)(F)F)nn2c(C)c1CCC(=O)NC(C)CCC(=O)O. The first-order chi connectivity index (χ1) is 12.5. The Kier molecular flexibility index (Phi) is 6.01. The highest BCUT2D eigenvalue weighted by Crippen LogP contribution is 2.27. The summed E-state index contributed by atoms with van der Waals surface area (Å²) in [5.74, 6) is -2.62. The van der Waals surface area contributed by atoms with Gasteiger partial charge < -0.3 is 10.4 Å². The zero-order valence-corrected chi connectivity index (χ0v) is 15.1. The first kappa shape index (κ1) is 20.6. The van der Waals surface area contributed by atoms with E-state index in [0.717, 1.165) is 4.52 Å². The predicted octanol–water partition coefficient (Wildman–Crippen LogP) is 2.06. The predicted molar refractivity (Wildman–Crippen MR) is 88.1 cm³/mol. The van der Waals surface area contributed by atoms with Crippen LogP contribution in [-0.4, -0.2) is 42.6 Å². The van der Waals surface area contributed by atoms with Gasteiger partial charge in [-0.05, 0) is 39.2 Å². The minimum atomic E-state index is -4.67. The average molecular weight is 387 g/mol. The molecule has 8 nitrogen and oxygen atoms in total. The molecule has 0 fully saturated rings. The molecule has 1 amide bonds. The maximum atomic E-state index is 12.8. The van der Waals surface area contributed by atoms with E-state index >= 15 is 0 Å². The van der Waals surface area contributed by atoms with Crippen molar-refractivity contribution in [1.29, 1.82) is 0 Å². The van der Waals surface area contributed by atoms with Gasteiger partial charge >= 0.3 is 12.1 Å². The number of aliphatic carboxylic acids is 1. The second-order valence-electron chi connectivity index (χ2n) is 6.31. The summed E-state index contributed by atoms with van der Waals surface area (Å²) in [6.45, 7) is 4.94. The Bertz CT molecular complexity index is 863. The lowest BCUT2D eigenvalue weighted by molar-refractivity contribution is -0.144. The van der Waals surface area contributed by atoms with E-state index in [1.807, 2.05) is 0 Å². The normalized spacial score (nSPS) is 13.0. The molecule has 1 unspecified atom stereocenters. The third kappa shape index (κ3) is 5.14. The first-order valence-corrected chi connectivity index (χ1v) is 8.30. The van der Waals surface area contributed by atoms with Crippen LogP contribution in [0.5, 0.6) is 0 Å². The fraction of sp³-hybridized carbons (Fsp3) is 0.562. The Morgan fingerprint density at radius 1 is 1.22 bits per heavy atom. The molecule has 0 spiro atoms. The molecule has 0 saturated heterocycles. The first-order valence-electron chi connectivity index (χ1n) is 8.30. The molecule has 148 valence electrons.